The van der Waals surface area contributed by atoms with Crippen LogP contribution in [-0.2, 0) is 14.3 Å². The third kappa shape index (κ3) is 4.61. The van der Waals surface area contributed by atoms with E-state index in [1.165, 1.54) is 0 Å². The lowest BCUT2D eigenvalue weighted by Gasteiger charge is -2.36. The molecule has 0 bridgehead atoms. The number of carbonyl (C=O) groups is 1. The van der Waals surface area contributed by atoms with Crippen LogP contribution in [0.5, 0.6) is 0 Å². The Kier molecular flexibility index (Phi) is 5.88. The molecule has 100 valence electrons. The van der Waals surface area contributed by atoms with Gasteiger partial charge in [-0.2, -0.15) is 0 Å². The Hall–Kier alpha value is -0.650. The van der Waals surface area contributed by atoms with E-state index in [0.29, 0.717) is 26.1 Å². The van der Waals surface area contributed by atoms with Gasteiger partial charge in [0, 0.05) is 26.8 Å². The smallest absolute Gasteiger partial charge is 0.239 e. The van der Waals surface area contributed by atoms with Crippen molar-refractivity contribution in [1.29, 1.82) is 0 Å². The molecule has 3 unspecified atom stereocenters. The molecule has 1 aliphatic heterocycles. The Labute approximate surface area is 103 Å². The van der Waals surface area contributed by atoms with Crippen LogP contribution in [0.2, 0.25) is 0 Å². The summed E-state index contributed by atoms with van der Waals surface area (Å²) in [4.78, 5) is 13.9. The van der Waals surface area contributed by atoms with Gasteiger partial charge in [-0.25, -0.2) is 0 Å². The van der Waals surface area contributed by atoms with E-state index in [4.69, 9.17) is 15.2 Å². The molecular formula is C12H24N2O3. The van der Waals surface area contributed by atoms with E-state index in [1.807, 2.05) is 18.7 Å². The highest BCUT2D eigenvalue weighted by Crippen LogP contribution is 2.12. The van der Waals surface area contributed by atoms with Crippen molar-refractivity contribution in [1.82, 2.24) is 4.90 Å². The van der Waals surface area contributed by atoms with Gasteiger partial charge < -0.3 is 20.1 Å². The van der Waals surface area contributed by atoms with Crippen molar-refractivity contribution in [2.75, 3.05) is 26.8 Å². The average Bonchev–Trinajstić information content (AvgIpc) is 2.27. The number of rotatable bonds is 5. The Balaban J connectivity index is 2.39. The molecule has 1 amide bonds. The molecule has 3 atom stereocenters. The summed E-state index contributed by atoms with van der Waals surface area (Å²) in [6.45, 7) is 5.89. The summed E-state index contributed by atoms with van der Waals surface area (Å²) in [6, 6.07) is -0.414. The lowest BCUT2D eigenvalue weighted by Crippen LogP contribution is -2.53. The molecule has 2 N–H and O–H groups in total. The number of morpholine rings is 1. The molecular weight excluding hydrogens is 220 g/mol. The zero-order chi connectivity index (χ0) is 12.8. The summed E-state index contributed by atoms with van der Waals surface area (Å²) >= 11 is 0. The quantitative estimate of drug-likeness (QED) is 0.710. The second kappa shape index (κ2) is 6.93. The number of nitrogens with zero attached hydrogens (tertiary/aromatic N) is 1. The van der Waals surface area contributed by atoms with Crippen LogP contribution in [0.3, 0.4) is 0 Å². The predicted molar refractivity (Wildman–Crippen MR) is 65.7 cm³/mol. The molecule has 0 spiro atoms. The van der Waals surface area contributed by atoms with E-state index in [2.05, 4.69) is 0 Å². The van der Waals surface area contributed by atoms with E-state index in [1.54, 1.807) is 7.11 Å². The molecule has 0 saturated carbocycles. The standard InChI is InChI=1S/C12H24N2O3/c1-9-7-14(8-10(2)17-9)12(15)11(13)5-4-6-16-3/h9-11H,4-8,13H2,1-3H3. The zero-order valence-electron chi connectivity index (χ0n) is 11.0. The highest BCUT2D eigenvalue weighted by atomic mass is 16.5. The van der Waals surface area contributed by atoms with Crippen molar-refractivity contribution in [2.24, 2.45) is 5.73 Å². The van der Waals surface area contributed by atoms with Gasteiger partial charge in [-0.05, 0) is 26.7 Å². The fraction of sp³-hybridized carbons (Fsp3) is 0.917. The molecule has 5 heteroatoms. The van der Waals surface area contributed by atoms with E-state index in [-0.39, 0.29) is 18.1 Å². The molecule has 1 aliphatic rings. The zero-order valence-corrected chi connectivity index (χ0v) is 11.0. The monoisotopic (exact) mass is 244 g/mol. The normalized spacial score (nSPS) is 26.9. The van der Waals surface area contributed by atoms with Crippen LogP contribution in [0.1, 0.15) is 26.7 Å². The van der Waals surface area contributed by atoms with Crippen molar-refractivity contribution >= 4 is 5.91 Å². The van der Waals surface area contributed by atoms with Crippen LogP contribution in [0.4, 0.5) is 0 Å². The summed E-state index contributed by atoms with van der Waals surface area (Å²) in [7, 11) is 1.65. The molecule has 0 aromatic heterocycles. The lowest BCUT2D eigenvalue weighted by molar-refractivity contribution is -0.144. The number of nitrogens with two attached hydrogens (primary N) is 1. The lowest BCUT2D eigenvalue weighted by atomic mass is 10.1. The average molecular weight is 244 g/mol. The van der Waals surface area contributed by atoms with Gasteiger partial charge in [-0.15, -0.1) is 0 Å². The second-order valence-electron chi connectivity index (χ2n) is 4.74. The van der Waals surface area contributed by atoms with E-state index in [0.717, 1.165) is 6.42 Å². The minimum absolute atomic E-state index is 0.0307. The minimum Gasteiger partial charge on any atom is -0.385 e. The van der Waals surface area contributed by atoms with Gasteiger partial charge in [-0.3, -0.25) is 4.79 Å². The minimum atomic E-state index is -0.414. The third-order valence-corrected chi connectivity index (χ3v) is 2.91. The van der Waals surface area contributed by atoms with Crippen molar-refractivity contribution < 1.29 is 14.3 Å². The highest BCUT2D eigenvalue weighted by Gasteiger charge is 2.28. The molecule has 0 radical (unpaired) electrons. The Morgan fingerprint density at radius 3 is 2.59 bits per heavy atom. The number of carbonyl (C=O) groups excluding carboxylic acids is 1. The molecule has 17 heavy (non-hydrogen) atoms. The van der Waals surface area contributed by atoms with Gasteiger partial charge in [0.05, 0.1) is 18.2 Å². The van der Waals surface area contributed by atoms with Gasteiger partial charge in [-0.1, -0.05) is 0 Å². The maximum atomic E-state index is 12.1. The van der Waals surface area contributed by atoms with Gasteiger partial charge in [0.1, 0.15) is 0 Å². The van der Waals surface area contributed by atoms with E-state index in [9.17, 15) is 4.79 Å². The fourth-order valence-corrected chi connectivity index (χ4v) is 2.16. The summed E-state index contributed by atoms with van der Waals surface area (Å²) in [5, 5.41) is 0. The Morgan fingerprint density at radius 1 is 1.47 bits per heavy atom. The molecule has 0 aromatic carbocycles. The Bertz CT molecular complexity index is 238. The van der Waals surface area contributed by atoms with Crippen molar-refractivity contribution in [3.05, 3.63) is 0 Å². The molecule has 1 saturated heterocycles. The largest absolute Gasteiger partial charge is 0.385 e. The van der Waals surface area contributed by atoms with Gasteiger partial charge in [0.25, 0.3) is 0 Å². The molecule has 1 fully saturated rings. The first-order valence-electron chi connectivity index (χ1n) is 6.23. The van der Waals surface area contributed by atoms with Crippen LogP contribution in [-0.4, -0.2) is 55.9 Å². The number of ether oxygens (including phenoxy) is 2. The van der Waals surface area contributed by atoms with Gasteiger partial charge >= 0.3 is 0 Å². The maximum absolute atomic E-state index is 12.1. The Morgan fingerprint density at radius 2 is 2.06 bits per heavy atom. The van der Waals surface area contributed by atoms with Crippen LogP contribution in [0.25, 0.3) is 0 Å². The summed E-state index contributed by atoms with van der Waals surface area (Å²) in [6.07, 6.45) is 1.67. The highest BCUT2D eigenvalue weighted by molar-refractivity contribution is 5.81. The van der Waals surface area contributed by atoms with E-state index < -0.39 is 6.04 Å². The van der Waals surface area contributed by atoms with Crippen molar-refractivity contribution in [2.45, 2.75) is 44.9 Å². The maximum Gasteiger partial charge on any atom is 0.239 e. The van der Waals surface area contributed by atoms with Crippen molar-refractivity contribution in [3.8, 4) is 0 Å². The molecule has 0 aromatic rings. The predicted octanol–water partition coefficient (Wildman–Crippen LogP) is 0.376. The first-order chi connectivity index (χ1) is 8.04. The summed E-state index contributed by atoms with van der Waals surface area (Å²) in [5.74, 6) is 0.0307. The third-order valence-electron chi connectivity index (χ3n) is 2.91. The topological polar surface area (TPSA) is 64.8 Å². The SMILES string of the molecule is COCCCC(N)C(=O)N1CC(C)OC(C)C1. The number of methoxy groups -OCH3 is 1. The van der Waals surface area contributed by atoms with Crippen LogP contribution >= 0.6 is 0 Å². The van der Waals surface area contributed by atoms with Crippen LogP contribution in [0.15, 0.2) is 0 Å². The first-order valence-corrected chi connectivity index (χ1v) is 6.23. The van der Waals surface area contributed by atoms with Crippen LogP contribution < -0.4 is 5.73 Å². The fourth-order valence-electron chi connectivity index (χ4n) is 2.16. The molecule has 5 nitrogen and oxygen atoms in total. The molecule has 1 heterocycles. The summed E-state index contributed by atoms with van der Waals surface area (Å²) in [5.41, 5.74) is 5.89. The number of hydrogen-bond acceptors (Lipinski definition) is 4. The number of hydrogen-bond donors (Lipinski definition) is 1. The number of amides is 1. The van der Waals surface area contributed by atoms with Crippen LogP contribution in [0, 0.1) is 0 Å². The summed E-state index contributed by atoms with van der Waals surface area (Å²) < 4.78 is 10.5. The van der Waals surface area contributed by atoms with Gasteiger partial charge in [0.2, 0.25) is 5.91 Å². The van der Waals surface area contributed by atoms with Crippen molar-refractivity contribution in [3.63, 3.8) is 0 Å². The van der Waals surface area contributed by atoms with Gasteiger partial charge in [0.15, 0.2) is 0 Å². The first kappa shape index (κ1) is 14.4. The second-order valence-corrected chi connectivity index (χ2v) is 4.74. The molecule has 1 rings (SSSR count). The molecule has 0 aliphatic carbocycles. The van der Waals surface area contributed by atoms with E-state index >= 15 is 0 Å².